The van der Waals surface area contributed by atoms with Crippen LogP contribution in [-0.2, 0) is 12.4 Å². The summed E-state index contributed by atoms with van der Waals surface area (Å²) in [5, 5.41) is 0. The van der Waals surface area contributed by atoms with Crippen LogP contribution in [0.15, 0.2) is 12.5 Å². The minimum absolute atomic E-state index is 0.0378. The second kappa shape index (κ2) is 3.35. The summed E-state index contributed by atoms with van der Waals surface area (Å²) < 4.78 is 36.5. The van der Waals surface area contributed by atoms with Crippen molar-refractivity contribution in [3.05, 3.63) is 18.2 Å². The van der Waals surface area contributed by atoms with Gasteiger partial charge in [0.15, 0.2) is 0 Å². The van der Waals surface area contributed by atoms with Crippen LogP contribution in [-0.4, -0.2) is 15.7 Å². The highest BCUT2D eigenvalue weighted by Gasteiger charge is 2.28. The first-order valence-electron chi connectivity index (χ1n) is 3.14. The van der Waals surface area contributed by atoms with Gasteiger partial charge in [-0.25, -0.2) is 4.98 Å². The van der Waals surface area contributed by atoms with Gasteiger partial charge in [0, 0.05) is 6.20 Å². The third kappa shape index (κ3) is 2.41. The molecule has 0 N–H and O–H groups in total. The minimum atomic E-state index is -4.22. The van der Waals surface area contributed by atoms with Crippen molar-refractivity contribution in [1.29, 1.82) is 0 Å². The molecule has 0 aromatic carbocycles. The predicted molar refractivity (Wildman–Crippen MR) is 37.8 cm³/mol. The maximum atomic E-state index is 11.8. The third-order valence-corrected chi connectivity index (χ3v) is 1.56. The lowest BCUT2D eigenvalue weighted by atomic mass is 10.5. The van der Waals surface area contributed by atoms with Gasteiger partial charge in [-0.2, -0.15) is 13.2 Å². The number of nitrogens with zero attached hydrogens (tertiary/aromatic N) is 2. The molecule has 0 amide bonds. The first kappa shape index (κ1) is 9.38. The molecule has 2 nitrogen and oxygen atoms in total. The molecule has 12 heavy (non-hydrogen) atoms. The minimum Gasteiger partial charge on any atom is -0.324 e. The summed E-state index contributed by atoms with van der Waals surface area (Å²) in [6.07, 6.45) is -1.79. The van der Waals surface area contributed by atoms with Gasteiger partial charge in [0.1, 0.15) is 6.54 Å². The number of hydrogen-bond donors (Lipinski definition) is 0. The fourth-order valence-electron chi connectivity index (χ4n) is 0.795. The number of aromatic nitrogens is 2. The van der Waals surface area contributed by atoms with Crippen molar-refractivity contribution in [2.75, 3.05) is 0 Å². The topological polar surface area (TPSA) is 17.8 Å². The highest BCUT2D eigenvalue weighted by Crippen LogP contribution is 2.18. The molecular weight excluding hydrogens is 193 g/mol. The van der Waals surface area contributed by atoms with Crippen LogP contribution in [0.25, 0.3) is 0 Å². The SMILES string of the molecule is FC(F)(F)Cn1cncc1CCl. The van der Waals surface area contributed by atoms with Crippen molar-refractivity contribution in [1.82, 2.24) is 9.55 Å². The van der Waals surface area contributed by atoms with Gasteiger partial charge in [-0.1, -0.05) is 0 Å². The van der Waals surface area contributed by atoms with Gasteiger partial charge in [-0.3, -0.25) is 0 Å². The predicted octanol–water partition coefficient (Wildman–Crippen LogP) is 2.18. The van der Waals surface area contributed by atoms with Crippen LogP contribution in [0.3, 0.4) is 0 Å². The number of rotatable bonds is 2. The largest absolute Gasteiger partial charge is 0.406 e. The summed E-state index contributed by atoms with van der Waals surface area (Å²) in [6.45, 7) is -1.03. The van der Waals surface area contributed by atoms with E-state index in [4.69, 9.17) is 11.6 Å². The van der Waals surface area contributed by atoms with Crippen molar-refractivity contribution >= 4 is 11.6 Å². The Bertz CT molecular complexity index is 256. The lowest BCUT2D eigenvalue weighted by molar-refractivity contribution is -0.140. The smallest absolute Gasteiger partial charge is 0.324 e. The highest BCUT2D eigenvalue weighted by molar-refractivity contribution is 6.16. The van der Waals surface area contributed by atoms with E-state index in [-0.39, 0.29) is 5.88 Å². The van der Waals surface area contributed by atoms with E-state index in [1.165, 1.54) is 6.20 Å². The van der Waals surface area contributed by atoms with E-state index >= 15 is 0 Å². The Kier molecular flexibility index (Phi) is 2.62. The Morgan fingerprint density at radius 1 is 1.50 bits per heavy atom. The summed E-state index contributed by atoms with van der Waals surface area (Å²) in [4.78, 5) is 3.56. The van der Waals surface area contributed by atoms with Gasteiger partial charge >= 0.3 is 6.18 Å². The molecule has 1 rings (SSSR count). The van der Waals surface area contributed by atoms with Crippen molar-refractivity contribution in [3.63, 3.8) is 0 Å². The monoisotopic (exact) mass is 198 g/mol. The van der Waals surface area contributed by atoms with Crippen molar-refractivity contribution in [2.45, 2.75) is 18.6 Å². The fourth-order valence-corrected chi connectivity index (χ4v) is 1.02. The first-order valence-corrected chi connectivity index (χ1v) is 3.68. The molecule has 0 aliphatic carbocycles. The zero-order chi connectivity index (χ0) is 9.19. The average Bonchev–Trinajstić information content (AvgIpc) is 2.31. The highest BCUT2D eigenvalue weighted by atomic mass is 35.5. The van der Waals surface area contributed by atoms with E-state index in [1.807, 2.05) is 0 Å². The summed E-state index contributed by atoms with van der Waals surface area (Å²) in [6, 6.07) is 0. The maximum absolute atomic E-state index is 11.8. The van der Waals surface area contributed by atoms with Crippen molar-refractivity contribution < 1.29 is 13.2 Å². The molecule has 0 fully saturated rings. The van der Waals surface area contributed by atoms with E-state index in [1.54, 1.807) is 0 Å². The molecule has 0 spiro atoms. The molecular formula is C6H6ClF3N2. The van der Waals surface area contributed by atoms with Crippen LogP contribution in [0.5, 0.6) is 0 Å². The average molecular weight is 199 g/mol. The molecule has 0 atom stereocenters. The Morgan fingerprint density at radius 2 is 2.17 bits per heavy atom. The molecule has 0 aliphatic rings. The second-order valence-corrected chi connectivity index (χ2v) is 2.53. The standard InChI is InChI=1S/C6H6ClF3N2/c7-1-5-2-11-4-12(5)3-6(8,9)10/h2,4H,1,3H2. The molecule has 68 valence electrons. The van der Waals surface area contributed by atoms with E-state index in [0.717, 1.165) is 10.9 Å². The van der Waals surface area contributed by atoms with Gasteiger partial charge in [0.05, 0.1) is 17.9 Å². The molecule has 1 aromatic heterocycles. The van der Waals surface area contributed by atoms with Crippen LogP contribution in [0, 0.1) is 0 Å². The van der Waals surface area contributed by atoms with Gasteiger partial charge in [0.2, 0.25) is 0 Å². The summed E-state index contributed by atoms with van der Waals surface area (Å²) >= 11 is 5.37. The number of imidazole rings is 1. The van der Waals surface area contributed by atoms with E-state index in [9.17, 15) is 13.2 Å². The molecule has 1 aromatic rings. The quantitative estimate of drug-likeness (QED) is 0.666. The summed E-state index contributed by atoms with van der Waals surface area (Å²) in [7, 11) is 0. The van der Waals surface area contributed by atoms with E-state index in [0.29, 0.717) is 5.69 Å². The number of alkyl halides is 4. The van der Waals surface area contributed by atoms with Crippen LogP contribution in [0.1, 0.15) is 5.69 Å². The molecule has 6 heteroatoms. The normalized spacial score (nSPS) is 12.0. The molecule has 0 bridgehead atoms. The summed E-state index contributed by atoms with van der Waals surface area (Å²) in [5.74, 6) is 0.0378. The van der Waals surface area contributed by atoms with Crippen LogP contribution < -0.4 is 0 Å². The van der Waals surface area contributed by atoms with Crippen molar-refractivity contribution in [3.8, 4) is 0 Å². The molecule has 0 saturated heterocycles. The second-order valence-electron chi connectivity index (χ2n) is 2.26. The van der Waals surface area contributed by atoms with Gasteiger partial charge < -0.3 is 4.57 Å². The zero-order valence-corrected chi connectivity index (χ0v) is 6.73. The molecule has 0 radical (unpaired) electrons. The van der Waals surface area contributed by atoms with Gasteiger partial charge in [-0.05, 0) is 0 Å². The summed E-state index contributed by atoms with van der Waals surface area (Å²) in [5.41, 5.74) is 0.369. The van der Waals surface area contributed by atoms with Gasteiger partial charge in [0.25, 0.3) is 0 Å². The zero-order valence-electron chi connectivity index (χ0n) is 5.98. The lowest BCUT2D eigenvalue weighted by Gasteiger charge is -2.08. The third-order valence-electron chi connectivity index (χ3n) is 1.29. The Labute approximate surface area is 72.0 Å². The Morgan fingerprint density at radius 3 is 2.67 bits per heavy atom. The van der Waals surface area contributed by atoms with Crippen LogP contribution in [0.2, 0.25) is 0 Å². The number of halogens is 4. The van der Waals surface area contributed by atoms with Crippen molar-refractivity contribution in [2.24, 2.45) is 0 Å². The molecule has 1 heterocycles. The number of hydrogen-bond acceptors (Lipinski definition) is 1. The first-order chi connectivity index (χ1) is 5.53. The molecule has 0 unspecified atom stereocenters. The van der Waals surface area contributed by atoms with Gasteiger partial charge in [-0.15, -0.1) is 11.6 Å². The Hall–Kier alpha value is -0.710. The lowest BCUT2D eigenvalue weighted by Crippen LogP contribution is -2.18. The Balaban J connectivity index is 2.75. The van der Waals surface area contributed by atoms with E-state index < -0.39 is 12.7 Å². The van der Waals surface area contributed by atoms with Crippen LogP contribution >= 0.6 is 11.6 Å². The van der Waals surface area contributed by atoms with E-state index in [2.05, 4.69) is 4.98 Å². The molecule has 0 saturated carbocycles. The molecule has 0 aliphatic heterocycles. The maximum Gasteiger partial charge on any atom is 0.406 e. The van der Waals surface area contributed by atoms with Crippen LogP contribution in [0.4, 0.5) is 13.2 Å². The fraction of sp³-hybridized carbons (Fsp3) is 0.500.